The minimum atomic E-state index is -3.62. The molecule has 3 fully saturated rings. The highest BCUT2D eigenvalue weighted by atomic mass is 32.2. The summed E-state index contributed by atoms with van der Waals surface area (Å²) in [7, 11) is -3.62. The van der Waals surface area contributed by atoms with Gasteiger partial charge in [0.15, 0.2) is 6.61 Å². The summed E-state index contributed by atoms with van der Waals surface area (Å²) in [5, 5.41) is 0. The van der Waals surface area contributed by atoms with Gasteiger partial charge in [-0.25, -0.2) is 8.42 Å². The number of hydrogen-bond acceptors (Lipinski definition) is 7. The predicted octanol–water partition coefficient (Wildman–Crippen LogP) is 0.628. The molecule has 0 bridgehead atoms. The second-order valence-electron chi connectivity index (χ2n) is 8.83. The number of amides is 3. The Balaban J connectivity index is 1.20. The number of esters is 1. The predicted molar refractivity (Wildman–Crippen MR) is 120 cm³/mol. The smallest absolute Gasteiger partial charge is 0.308 e. The van der Waals surface area contributed by atoms with Crippen molar-refractivity contribution in [2.24, 2.45) is 11.8 Å². The third-order valence-electron chi connectivity index (χ3n) is 6.80. The summed E-state index contributed by atoms with van der Waals surface area (Å²) in [6, 6.07) is 8.12. The fraction of sp³-hybridized carbons (Fsp3) is 0.565. The first-order valence-corrected chi connectivity index (χ1v) is 13.1. The van der Waals surface area contributed by atoms with Gasteiger partial charge in [-0.05, 0) is 25.0 Å². The molecule has 1 aromatic carbocycles. The highest BCUT2D eigenvalue weighted by Gasteiger charge is 2.47. The first-order chi connectivity index (χ1) is 16.3. The molecule has 2 heterocycles. The van der Waals surface area contributed by atoms with Gasteiger partial charge in [-0.1, -0.05) is 31.0 Å². The van der Waals surface area contributed by atoms with Gasteiger partial charge in [0, 0.05) is 32.7 Å². The zero-order chi connectivity index (χ0) is 24.3. The van der Waals surface area contributed by atoms with E-state index in [1.165, 1.54) is 21.3 Å². The van der Waals surface area contributed by atoms with Crippen molar-refractivity contribution in [2.75, 3.05) is 39.3 Å². The molecule has 2 aliphatic heterocycles. The normalized spacial score (nSPS) is 23.6. The summed E-state index contributed by atoms with van der Waals surface area (Å²) < 4.78 is 31.8. The molecule has 1 aliphatic carbocycles. The van der Waals surface area contributed by atoms with E-state index in [0.717, 1.165) is 17.7 Å². The van der Waals surface area contributed by atoms with Crippen LogP contribution in [0.3, 0.4) is 0 Å². The lowest BCUT2D eigenvalue weighted by Gasteiger charge is -2.33. The quantitative estimate of drug-likeness (QED) is 0.405. The highest BCUT2D eigenvalue weighted by molar-refractivity contribution is 7.89. The molecule has 1 saturated carbocycles. The summed E-state index contributed by atoms with van der Waals surface area (Å²) in [5.41, 5.74) is 0. The zero-order valence-electron chi connectivity index (χ0n) is 18.9. The molecule has 2 saturated heterocycles. The van der Waals surface area contributed by atoms with E-state index in [4.69, 9.17) is 4.74 Å². The Morgan fingerprint density at radius 2 is 1.50 bits per heavy atom. The van der Waals surface area contributed by atoms with Gasteiger partial charge in [-0.15, -0.1) is 0 Å². The van der Waals surface area contributed by atoms with Crippen molar-refractivity contribution >= 4 is 33.7 Å². The van der Waals surface area contributed by atoms with E-state index in [0.29, 0.717) is 12.8 Å². The van der Waals surface area contributed by atoms with Crippen molar-refractivity contribution in [3.8, 4) is 0 Å². The van der Waals surface area contributed by atoms with E-state index in [-0.39, 0.29) is 67.7 Å². The van der Waals surface area contributed by atoms with Crippen LogP contribution in [-0.4, -0.2) is 85.5 Å². The minimum absolute atomic E-state index is 0.0340. The number of ether oxygens (including phenoxy) is 1. The van der Waals surface area contributed by atoms with Crippen LogP contribution in [0.4, 0.5) is 0 Å². The third-order valence-corrected chi connectivity index (χ3v) is 8.71. The van der Waals surface area contributed by atoms with Crippen LogP contribution in [0.1, 0.15) is 32.1 Å². The molecule has 184 valence electrons. The van der Waals surface area contributed by atoms with Crippen molar-refractivity contribution in [3.63, 3.8) is 0 Å². The Morgan fingerprint density at radius 3 is 2.09 bits per heavy atom. The SMILES string of the molecule is O=C(CCN1C(=O)[C@@H]2CCCC[C@H]2C1=O)OCC(=O)N1CCN(S(=O)(=O)c2ccccc2)CC1. The lowest BCUT2D eigenvalue weighted by atomic mass is 9.81. The lowest BCUT2D eigenvalue weighted by molar-refractivity contribution is -0.153. The van der Waals surface area contributed by atoms with Gasteiger partial charge in [0.1, 0.15) is 0 Å². The number of imide groups is 1. The molecule has 0 radical (unpaired) electrons. The van der Waals surface area contributed by atoms with Crippen LogP contribution in [-0.2, 0) is 33.9 Å². The summed E-state index contributed by atoms with van der Waals surface area (Å²) in [5.74, 6) is -2.01. The van der Waals surface area contributed by atoms with Crippen LogP contribution >= 0.6 is 0 Å². The molecule has 11 heteroatoms. The molecular weight excluding hydrogens is 462 g/mol. The van der Waals surface area contributed by atoms with Crippen LogP contribution in [0.15, 0.2) is 35.2 Å². The summed E-state index contributed by atoms with van der Waals surface area (Å²) in [4.78, 5) is 52.3. The average molecular weight is 492 g/mol. The number of piperazine rings is 1. The Bertz CT molecular complexity index is 1030. The lowest BCUT2D eigenvalue weighted by Crippen LogP contribution is -2.51. The third kappa shape index (κ3) is 5.00. The molecule has 10 nitrogen and oxygen atoms in total. The maximum Gasteiger partial charge on any atom is 0.308 e. The van der Waals surface area contributed by atoms with Crippen LogP contribution in [0.5, 0.6) is 0 Å². The van der Waals surface area contributed by atoms with Gasteiger partial charge in [0.2, 0.25) is 21.8 Å². The van der Waals surface area contributed by atoms with Crippen LogP contribution in [0.2, 0.25) is 0 Å². The highest BCUT2D eigenvalue weighted by Crippen LogP contribution is 2.38. The molecule has 3 amide bonds. The summed E-state index contributed by atoms with van der Waals surface area (Å²) in [6.45, 7) is 0.200. The summed E-state index contributed by atoms with van der Waals surface area (Å²) in [6.07, 6.45) is 3.14. The Hall–Kier alpha value is -2.79. The molecule has 1 aromatic rings. The molecule has 3 aliphatic rings. The first kappa shape index (κ1) is 24.3. The Morgan fingerprint density at radius 1 is 0.912 bits per heavy atom. The van der Waals surface area contributed by atoms with E-state index in [2.05, 4.69) is 0 Å². The van der Waals surface area contributed by atoms with Crippen LogP contribution < -0.4 is 0 Å². The summed E-state index contributed by atoms with van der Waals surface area (Å²) >= 11 is 0. The van der Waals surface area contributed by atoms with Crippen molar-refractivity contribution < 1.29 is 32.3 Å². The van der Waals surface area contributed by atoms with Gasteiger partial charge < -0.3 is 9.64 Å². The van der Waals surface area contributed by atoms with Gasteiger partial charge in [-0.2, -0.15) is 4.31 Å². The first-order valence-electron chi connectivity index (χ1n) is 11.6. The molecular formula is C23H29N3O7S. The number of benzene rings is 1. The van der Waals surface area contributed by atoms with E-state index in [1.807, 2.05) is 0 Å². The minimum Gasteiger partial charge on any atom is -0.456 e. The van der Waals surface area contributed by atoms with Crippen molar-refractivity contribution in [1.82, 2.24) is 14.1 Å². The largest absolute Gasteiger partial charge is 0.456 e. The number of sulfonamides is 1. The molecule has 34 heavy (non-hydrogen) atoms. The molecule has 0 unspecified atom stereocenters. The molecule has 4 rings (SSSR count). The number of nitrogens with zero attached hydrogens (tertiary/aromatic N) is 3. The number of hydrogen-bond donors (Lipinski definition) is 0. The zero-order valence-corrected chi connectivity index (χ0v) is 19.7. The maximum atomic E-state index is 12.7. The number of carbonyl (C=O) groups excluding carboxylic acids is 4. The molecule has 0 spiro atoms. The van der Waals surface area contributed by atoms with Crippen LogP contribution in [0, 0.1) is 11.8 Å². The topological polar surface area (TPSA) is 121 Å². The second-order valence-corrected chi connectivity index (χ2v) is 10.8. The van der Waals surface area contributed by atoms with Crippen molar-refractivity contribution in [2.45, 2.75) is 37.0 Å². The van der Waals surface area contributed by atoms with E-state index in [9.17, 15) is 27.6 Å². The Labute approximate surface area is 198 Å². The Kier molecular flexibility index (Phi) is 7.32. The molecule has 0 aromatic heterocycles. The average Bonchev–Trinajstić information content (AvgIpc) is 3.11. The van der Waals surface area contributed by atoms with E-state index in [1.54, 1.807) is 18.2 Å². The number of rotatable bonds is 7. The second kappa shape index (κ2) is 10.2. The standard InChI is InChI=1S/C23H29N3O7S/c27-20(24-12-14-25(15-13-24)34(31,32)17-6-2-1-3-7-17)16-33-21(28)10-11-26-22(29)18-8-4-5-9-19(18)23(26)30/h1-3,6-7,18-19H,4-5,8-16H2/t18-,19-/m1/s1. The van der Waals surface area contributed by atoms with Crippen molar-refractivity contribution in [1.29, 1.82) is 0 Å². The monoisotopic (exact) mass is 491 g/mol. The van der Waals surface area contributed by atoms with E-state index >= 15 is 0 Å². The fourth-order valence-corrected chi connectivity index (χ4v) is 6.32. The number of fused-ring (bicyclic) bond motifs is 1. The molecule has 0 N–H and O–H groups in total. The maximum absolute atomic E-state index is 12.7. The van der Waals surface area contributed by atoms with Gasteiger partial charge >= 0.3 is 5.97 Å². The number of likely N-dealkylation sites (tertiary alicyclic amines) is 1. The van der Waals surface area contributed by atoms with Crippen LogP contribution in [0.25, 0.3) is 0 Å². The van der Waals surface area contributed by atoms with Gasteiger partial charge in [0.05, 0.1) is 23.2 Å². The van der Waals surface area contributed by atoms with E-state index < -0.39 is 28.5 Å². The van der Waals surface area contributed by atoms with Crippen molar-refractivity contribution in [3.05, 3.63) is 30.3 Å². The molecule has 2 atom stereocenters. The van der Waals surface area contributed by atoms with Gasteiger partial charge in [0.25, 0.3) is 5.91 Å². The number of carbonyl (C=O) groups is 4. The van der Waals surface area contributed by atoms with Gasteiger partial charge in [-0.3, -0.25) is 24.1 Å². The fourth-order valence-electron chi connectivity index (χ4n) is 4.88.